The van der Waals surface area contributed by atoms with Gasteiger partial charge in [-0.15, -0.1) is 11.3 Å². The molecular formula is C62H41NSSi. The molecule has 10 aromatic carbocycles. The van der Waals surface area contributed by atoms with Gasteiger partial charge in [0.1, 0.15) is 0 Å². The maximum absolute atomic E-state index is 9.79. The molecule has 0 saturated heterocycles. The van der Waals surface area contributed by atoms with Crippen LogP contribution in [0.15, 0.2) is 236 Å². The lowest BCUT2D eigenvalue weighted by Crippen LogP contribution is -2.75. The predicted molar refractivity (Wildman–Crippen MR) is 277 cm³/mol. The highest BCUT2D eigenvalue weighted by molar-refractivity contribution is 7.25. The van der Waals surface area contributed by atoms with Gasteiger partial charge < -0.3 is 4.57 Å². The first-order chi connectivity index (χ1) is 34.3. The molecule has 3 heteroatoms. The average molecular weight is 865 g/mol. The lowest BCUT2D eigenvalue weighted by molar-refractivity contribution is 0.752. The molecule has 2 atom stereocenters. The van der Waals surface area contributed by atoms with E-state index in [4.69, 9.17) is 4.11 Å². The number of hydrogen-bond acceptors (Lipinski definition) is 1. The fourth-order valence-electron chi connectivity index (χ4n) is 11.8. The number of rotatable bonds is 6. The van der Waals surface area contributed by atoms with Crippen molar-refractivity contribution in [1.29, 1.82) is 0 Å². The first-order valence-corrected chi connectivity index (χ1v) is 25.1. The van der Waals surface area contributed by atoms with Crippen LogP contribution in [0.5, 0.6) is 0 Å². The van der Waals surface area contributed by atoms with Crippen molar-refractivity contribution < 1.29 is 6.85 Å². The lowest BCUT2D eigenvalue weighted by Gasteiger charge is -2.46. The quantitative estimate of drug-likeness (QED) is 0.116. The second-order valence-corrected chi connectivity index (χ2v) is 22.2. The molecule has 2 bridgehead atoms. The van der Waals surface area contributed by atoms with E-state index in [1.165, 1.54) is 69.9 Å². The second kappa shape index (κ2) is 14.2. The van der Waals surface area contributed by atoms with E-state index in [1.54, 1.807) is 0 Å². The van der Waals surface area contributed by atoms with Gasteiger partial charge in [-0.05, 0) is 108 Å². The van der Waals surface area contributed by atoms with Crippen molar-refractivity contribution >= 4 is 82.1 Å². The number of thiophene rings is 1. The number of nitrogens with zero attached hydrogens (tertiary/aromatic N) is 1. The number of aromatic nitrogens is 1. The summed E-state index contributed by atoms with van der Waals surface area (Å²) >= 11 is 1.84. The Morgan fingerprint density at radius 1 is 0.400 bits per heavy atom. The Bertz CT molecular complexity index is 4090. The van der Waals surface area contributed by atoms with E-state index in [9.17, 15) is 2.74 Å². The second-order valence-electron chi connectivity index (χ2n) is 17.5. The Morgan fingerprint density at radius 3 is 1.74 bits per heavy atom. The lowest BCUT2D eigenvalue weighted by atomic mass is 9.60. The molecule has 0 radical (unpaired) electrons. The summed E-state index contributed by atoms with van der Waals surface area (Å²) in [7, 11) is -3.78. The molecule has 3 aliphatic rings. The summed E-state index contributed by atoms with van der Waals surface area (Å²) in [5.74, 6) is -0.350. The highest BCUT2D eigenvalue weighted by Crippen LogP contribution is 2.57. The van der Waals surface area contributed by atoms with E-state index in [0.717, 1.165) is 37.8 Å². The first-order valence-electron chi connectivity index (χ1n) is 24.8. The maximum Gasteiger partial charge on any atom is 0.179 e. The smallest absolute Gasteiger partial charge is 0.179 e. The van der Waals surface area contributed by atoms with E-state index in [1.807, 2.05) is 47.7 Å². The van der Waals surface area contributed by atoms with E-state index in [-0.39, 0.29) is 42.0 Å². The molecule has 3 aliphatic carbocycles. The number of para-hydroxylation sites is 1. The largest absolute Gasteiger partial charge is 0.309 e. The van der Waals surface area contributed by atoms with Crippen molar-refractivity contribution in [3.05, 3.63) is 270 Å². The summed E-state index contributed by atoms with van der Waals surface area (Å²) in [6, 6.07) is 72.8. The molecule has 65 heavy (non-hydrogen) atoms. The standard InChI is InChI=1S/C62H41NSSi/c1-4-18-42(19-5-1)65(43-20-6-2-7-21-43,44-22-8-3-9-23-44)58-33-17-29-50-59-47-26-10-11-27-48(47)62(61(50)58)60-49(59)28-16-31-55(60)63-53-30-14-12-24-45(53)51-38-40(34-36-54(51)63)41-35-37-57-52(39-41)46-25-13-15-32-56(46)64-57/h1-39,59,62H/i1D,4D,5D,18D,19D. The van der Waals surface area contributed by atoms with Gasteiger partial charge >= 0.3 is 0 Å². The molecule has 2 aromatic heterocycles. The van der Waals surface area contributed by atoms with Crippen LogP contribution in [0.3, 0.4) is 0 Å². The molecule has 0 fully saturated rings. The third kappa shape index (κ3) is 5.19. The molecule has 0 spiro atoms. The van der Waals surface area contributed by atoms with E-state index >= 15 is 0 Å². The molecule has 0 saturated carbocycles. The Balaban J connectivity index is 1.05. The summed E-state index contributed by atoms with van der Waals surface area (Å²) in [4.78, 5) is 0. The van der Waals surface area contributed by atoms with Gasteiger partial charge in [-0.3, -0.25) is 0 Å². The van der Waals surface area contributed by atoms with Crippen molar-refractivity contribution in [2.75, 3.05) is 0 Å². The van der Waals surface area contributed by atoms with Crippen LogP contribution in [0.25, 0.3) is 58.8 Å². The van der Waals surface area contributed by atoms with E-state index in [2.05, 4.69) is 174 Å². The normalized spacial score (nSPS) is 16.2. The van der Waals surface area contributed by atoms with Crippen LogP contribution in [0.4, 0.5) is 0 Å². The van der Waals surface area contributed by atoms with Gasteiger partial charge in [-0.2, -0.15) is 0 Å². The minimum absolute atomic E-state index is 0.104. The minimum atomic E-state index is -3.78. The SMILES string of the molecule is [2H]c1c([2H])c([2H])c([Si](c2ccccc2)(c2ccccc2)c2cccc3c2C2c4ccccc4C3c3cccc(-n4c5ccccc5c5cc(-c6ccc7sc8ccccc8c7c6)ccc54)c32)c([2H])c1[2H]. The number of fused-ring (bicyclic) bond motifs is 6. The van der Waals surface area contributed by atoms with E-state index in [0.29, 0.717) is 5.19 Å². The van der Waals surface area contributed by atoms with Crippen LogP contribution in [0.1, 0.15) is 52.1 Å². The average Bonchev–Trinajstić information content (AvgIpc) is 3.96. The summed E-state index contributed by atoms with van der Waals surface area (Å²) in [5.41, 5.74) is 13.1. The third-order valence-corrected chi connectivity index (χ3v) is 20.2. The first kappa shape index (κ1) is 32.1. The van der Waals surface area contributed by atoms with E-state index < -0.39 is 8.07 Å². The highest BCUT2D eigenvalue weighted by Gasteiger charge is 2.50. The topological polar surface area (TPSA) is 4.93 Å². The maximum atomic E-state index is 9.79. The van der Waals surface area contributed by atoms with Crippen LogP contribution in [-0.4, -0.2) is 12.6 Å². The van der Waals surface area contributed by atoms with Gasteiger partial charge in [0.15, 0.2) is 8.07 Å². The van der Waals surface area contributed by atoms with Crippen molar-refractivity contribution in [2.45, 2.75) is 11.8 Å². The molecular weight excluding hydrogens is 819 g/mol. The Labute approximate surface area is 390 Å². The van der Waals surface area contributed by atoms with Crippen LogP contribution in [-0.2, 0) is 0 Å². The van der Waals surface area contributed by atoms with Crippen molar-refractivity contribution in [3.8, 4) is 16.8 Å². The zero-order valence-electron chi connectivity index (χ0n) is 40.1. The Kier molecular flexibility index (Phi) is 7.03. The predicted octanol–water partition coefficient (Wildman–Crippen LogP) is 13.2. The van der Waals surface area contributed by atoms with Gasteiger partial charge in [-0.1, -0.05) is 194 Å². The molecule has 0 N–H and O–H groups in total. The molecule has 15 rings (SSSR count). The summed E-state index contributed by atoms with van der Waals surface area (Å²) in [6.45, 7) is 0. The fourth-order valence-corrected chi connectivity index (χ4v) is 17.7. The summed E-state index contributed by atoms with van der Waals surface area (Å²) < 4.78 is 51.7. The molecule has 2 heterocycles. The van der Waals surface area contributed by atoms with Gasteiger partial charge in [0.05, 0.1) is 23.6 Å². The fraction of sp³-hybridized carbons (Fsp3) is 0.0323. The number of benzene rings is 10. The molecule has 304 valence electrons. The summed E-state index contributed by atoms with van der Waals surface area (Å²) in [6.07, 6.45) is 0. The minimum Gasteiger partial charge on any atom is -0.309 e. The Hall–Kier alpha value is -7.56. The number of hydrogen-bond donors (Lipinski definition) is 0. The Morgan fingerprint density at radius 2 is 0.969 bits per heavy atom. The molecule has 2 unspecified atom stereocenters. The molecule has 12 aromatic rings. The van der Waals surface area contributed by atoms with Gasteiger partial charge in [0.25, 0.3) is 0 Å². The van der Waals surface area contributed by atoms with Crippen LogP contribution < -0.4 is 20.7 Å². The third-order valence-electron chi connectivity index (χ3n) is 14.4. The van der Waals surface area contributed by atoms with Crippen LogP contribution in [0.2, 0.25) is 0 Å². The monoisotopic (exact) mass is 864 g/mol. The van der Waals surface area contributed by atoms with Gasteiger partial charge in [0.2, 0.25) is 0 Å². The molecule has 0 aliphatic heterocycles. The van der Waals surface area contributed by atoms with Crippen molar-refractivity contribution in [1.82, 2.24) is 4.57 Å². The molecule has 0 amide bonds. The summed E-state index contributed by atoms with van der Waals surface area (Å²) in [5, 5.41) is 8.26. The van der Waals surface area contributed by atoms with Gasteiger partial charge in [-0.25, -0.2) is 0 Å². The highest BCUT2D eigenvalue weighted by atomic mass is 32.1. The van der Waals surface area contributed by atoms with Crippen LogP contribution in [0, 0.1) is 0 Å². The molecule has 1 nitrogen and oxygen atoms in total. The van der Waals surface area contributed by atoms with Crippen molar-refractivity contribution in [2.24, 2.45) is 0 Å². The zero-order chi connectivity index (χ0) is 47.0. The van der Waals surface area contributed by atoms with Gasteiger partial charge in [0, 0.05) is 42.8 Å². The zero-order valence-corrected chi connectivity index (χ0v) is 37.0. The van der Waals surface area contributed by atoms with Crippen molar-refractivity contribution in [3.63, 3.8) is 0 Å². The van der Waals surface area contributed by atoms with Crippen LogP contribution >= 0.6 is 11.3 Å².